The average molecular weight is 377 g/mol. The number of carbonyl (C=O) groups excluding carboxylic acids is 2. The van der Waals surface area contributed by atoms with Crippen LogP contribution in [0.1, 0.15) is 39.2 Å². The number of hydrogen-bond donors (Lipinski definition) is 0. The molecule has 0 aliphatic carbocycles. The molecule has 0 radical (unpaired) electrons. The first-order valence-electron chi connectivity index (χ1n) is 7.71. The second-order valence-electron chi connectivity index (χ2n) is 6.05. The van der Waals surface area contributed by atoms with E-state index in [2.05, 4.69) is 15.9 Å². The van der Waals surface area contributed by atoms with E-state index >= 15 is 0 Å². The molecule has 122 valence electrons. The first-order chi connectivity index (χ1) is 10.8. The summed E-state index contributed by atoms with van der Waals surface area (Å²) in [6, 6.07) is 12.0. The molecule has 2 aromatic carbocycles. The minimum Gasteiger partial charge on any atom is -0.462 e. The highest BCUT2D eigenvalue weighted by Crippen LogP contribution is 2.36. The molecule has 2 aromatic rings. The van der Waals surface area contributed by atoms with Crippen molar-refractivity contribution in [2.24, 2.45) is 5.92 Å². The first-order valence-corrected chi connectivity index (χ1v) is 8.50. The Kier molecular flexibility index (Phi) is 5.58. The number of esters is 1. The molecule has 2 atom stereocenters. The van der Waals surface area contributed by atoms with E-state index in [1.54, 1.807) is 13.8 Å². The highest BCUT2D eigenvalue weighted by molar-refractivity contribution is 9.10. The lowest BCUT2D eigenvalue weighted by Crippen LogP contribution is -2.31. The predicted octanol–water partition coefficient (Wildman–Crippen LogP) is 4.86. The van der Waals surface area contributed by atoms with Crippen molar-refractivity contribution in [2.45, 2.75) is 39.7 Å². The molecular formula is C19H21BrO3. The zero-order valence-corrected chi connectivity index (χ0v) is 15.4. The van der Waals surface area contributed by atoms with Crippen LogP contribution in [0, 0.1) is 5.92 Å². The van der Waals surface area contributed by atoms with Crippen molar-refractivity contribution in [3.8, 4) is 0 Å². The molecule has 0 aliphatic heterocycles. The maximum absolute atomic E-state index is 12.3. The Hall–Kier alpha value is -1.68. The summed E-state index contributed by atoms with van der Waals surface area (Å²) in [6.45, 7) is 6.90. The monoisotopic (exact) mass is 376 g/mol. The van der Waals surface area contributed by atoms with Crippen molar-refractivity contribution in [3.05, 3.63) is 46.4 Å². The average Bonchev–Trinajstić information content (AvgIpc) is 2.46. The molecule has 4 heteroatoms. The van der Waals surface area contributed by atoms with Gasteiger partial charge in [-0.2, -0.15) is 0 Å². The van der Waals surface area contributed by atoms with Crippen molar-refractivity contribution in [2.75, 3.05) is 0 Å². The van der Waals surface area contributed by atoms with Gasteiger partial charge < -0.3 is 4.74 Å². The van der Waals surface area contributed by atoms with E-state index in [-0.39, 0.29) is 17.8 Å². The van der Waals surface area contributed by atoms with Gasteiger partial charge in [0.1, 0.15) is 11.7 Å². The smallest absolute Gasteiger partial charge is 0.317 e. The molecule has 0 saturated carbocycles. The minimum absolute atomic E-state index is 0.178. The molecule has 0 spiro atoms. The van der Waals surface area contributed by atoms with E-state index in [9.17, 15) is 9.59 Å². The molecule has 0 aliphatic rings. The highest BCUT2D eigenvalue weighted by Gasteiger charge is 2.33. The summed E-state index contributed by atoms with van der Waals surface area (Å²) in [6.07, 6.45) is -0.239. The van der Waals surface area contributed by atoms with Crippen LogP contribution in [0.4, 0.5) is 0 Å². The summed E-state index contributed by atoms with van der Waals surface area (Å²) in [7, 11) is 0. The third kappa shape index (κ3) is 3.81. The topological polar surface area (TPSA) is 43.4 Å². The number of ketones is 1. The van der Waals surface area contributed by atoms with Gasteiger partial charge in [0.2, 0.25) is 0 Å². The van der Waals surface area contributed by atoms with E-state index in [0.29, 0.717) is 0 Å². The summed E-state index contributed by atoms with van der Waals surface area (Å²) in [5, 5.41) is 2.18. The number of ether oxygens (including phenoxy) is 1. The van der Waals surface area contributed by atoms with Gasteiger partial charge in [-0.15, -0.1) is 0 Å². The van der Waals surface area contributed by atoms with Gasteiger partial charge >= 0.3 is 5.97 Å². The third-order valence-electron chi connectivity index (χ3n) is 3.93. The van der Waals surface area contributed by atoms with E-state index in [1.165, 1.54) is 6.92 Å². The number of hydrogen-bond acceptors (Lipinski definition) is 3. The van der Waals surface area contributed by atoms with E-state index in [1.807, 2.05) is 43.3 Å². The maximum atomic E-state index is 12.3. The molecular weight excluding hydrogens is 356 g/mol. The number of benzene rings is 2. The number of rotatable bonds is 5. The van der Waals surface area contributed by atoms with Crippen molar-refractivity contribution < 1.29 is 14.3 Å². The maximum Gasteiger partial charge on any atom is 0.317 e. The molecule has 0 saturated heterocycles. The van der Waals surface area contributed by atoms with Gasteiger partial charge in [-0.25, -0.2) is 0 Å². The second-order valence-corrected chi connectivity index (χ2v) is 6.85. The Balaban J connectivity index is 2.44. The molecule has 0 heterocycles. The Morgan fingerprint density at radius 2 is 1.70 bits per heavy atom. The number of carbonyl (C=O) groups is 2. The molecule has 3 nitrogen and oxygen atoms in total. The number of Topliss-reactive ketones (excluding diaryl/α,β-unsaturated/α-hetero) is 1. The van der Waals surface area contributed by atoms with Crippen LogP contribution in [0.2, 0.25) is 0 Å². The van der Waals surface area contributed by atoms with Gasteiger partial charge in [0.15, 0.2) is 0 Å². The first kappa shape index (κ1) is 17.7. The van der Waals surface area contributed by atoms with Crippen molar-refractivity contribution >= 4 is 38.5 Å². The van der Waals surface area contributed by atoms with Gasteiger partial charge in [0.05, 0.1) is 6.10 Å². The fourth-order valence-corrected chi connectivity index (χ4v) is 3.66. The standard InChI is InChI=1S/C19H21BrO3/c1-11(2)23-19(22)17(13(4)21)12(3)15-10-9-14-7-5-6-8-16(14)18(15)20/h5-12,17H,1-4H3. The van der Waals surface area contributed by atoms with Crippen LogP contribution in [0.5, 0.6) is 0 Å². The Bertz CT molecular complexity index is 736. The summed E-state index contributed by atoms with van der Waals surface area (Å²) in [5.74, 6) is -1.70. The summed E-state index contributed by atoms with van der Waals surface area (Å²) >= 11 is 3.64. The summed E-state index contributed by atoms with van der Waals surface area (Å²) in [4.78, 5) is 24.4. The third-order valence-corrected chi connectivity index (χ3v) is 4.81. The normalized spacial score (nSPS) is 13.8. The van der Waals surface area contributed by atoms with E-state index in [0.717, 1.165) is 20.8 Å². The van der Waals surface area contributed by atoms with Crippen LogP contribution in [-0.4, -0.2) is 17.9 Å². The van der Waals surface area contributed by atoms with Crippen molar-refractivity contribution in [1.29, 1.82) is 0 Å². The van der Waals surface area contributed by atoms with Crippen LogP contribution in [0.3, 0.4) is 0 Å². The lowest BCUT2D eigenvalue weighted by molar-refractivity contribution is -0.155. The zero-order valence-electron chi connectivity index (χ0n) is 13.8. The fourth-order valence-electron chi connectivity index (χ4n) is 2.81. The Labute approximate surface area is 145 Å². The quantitative estimate of drug-likeness (QED) is 0.552. The Morgan fingerprint density at radius 3 is 2.30 bits per heavy atom. The lowest BCUT2D eigenvalue weighted by Gasteiger charge is -2.23. The summed E-state index contributed by atoms with van der Waals surface area (Å²) in [5.41, 5.74) is 0.935. The van der Waals surface area contributed by atoms with E-state index in [4.69, 9.17) is 4.74 Å². The number of fused-ring (bicyclic) bond motifs is 1. The summed E-state index contributed by atoms with van der Waals surface area (Å²) < 4.78 is 6.19. The molecule has 0 aromatic heterocycles. The molecule has 0 N–H and O–H groups in total. The second kappa shape index (κ2) is 7.26. The molecule has 0 amide bonds. The van der Waals surface area contributed by atoms with Crippen molar-refractivity contribution in [1.82, 2.24) is 0 Å². The molecule has 2 rings (SSSR count). The fraction of sp³-hybridized carbons (Fsp3) is 0.368. The zero-order chi connectivity index (χ0) is 17.1. The Morgan fingerprint density at radius 1 is 1.04 bits per heavy atom. The van der Waals surface area contributed by atoms with E-state index < -0.39 is 11.9 Å². The highest BCUT2D eigenvalue weighted by atomic mass is 79.9. The predicted molar refractivity (Wildman–Crippen MR) is 95.5 cm³/mol. The van der Waals surface area contributed by atoms with Crippen LogP contribution < -0.4 is 0 Å². The van der Waals surface area contributed by atoms with Gasteiger partial charge in [-0.05, 0) is 53.0 Å². The molecule has 0 bridgehead atoms. The van der Waals surface area contributed by atoms with Gasteiger partial charge in [-0.3, -0.25) is 9.59 Å². The van der Waals surface area contributed by atoms with Crippen LogP contribution in [0.15, 0.2) is 40.9 Å². The van der Waals surface area contributed by atoms with Gasteiger partial charge in [-0.1, -0.05) is 43.3 Å². The van der Waals surface area contributed by atoms with Crippen LogP contribution >= 0.6 is 15.9 Å². The van der Waals surface area contributed by atoms with Crippen LogP contribution in [0.25, 0.3) is 10.8 Å². The van der Waals surface area contributed by atoms with Gasteiger partial charge in [0.25, 0.3) is 0 Å². The van der Waals surface area contributed by atoms with Crippen molar-refractivity contribution in [3.63, 3.8) is 0 Å². The number of halogens is 1. The molecule has 0 fully saturated rings. The lowest BCUT2D eigenvalue weighted by atomic mass is 9.84. The molecule has 2 unspecified atom stereocenters. The minimum atomic E-state index is -0.796. The largest absolute Gasteiger partial charge is 0.462 e. The SMILES string of the molecule is CC(=O)C(C(=O)OC(C)C)C(C)c1ccc2ccccc2c1Br. The van der Waals surface area contributed by atoms with Crippen LogP contribution in [-0.2, 0) is 14.3 Å². The van der Waals surface area contributed by atoms with Gasteiger partial charge in [0, 0.05) is 10.4 Å². The molecule has 23 heavy (non-hydrogen) atoms.